The van der Waals surface area contributed by atoms with Crippen LogP contribution in [0.25, 0.3) is 10.2 Å². The number of rotatable bonds is 11. The van der Waals surface area contributed by atoms with Crippen molar-refractivity contribution < 1.29 is 14.6 Å². The van der Waals surface area contributed by atoms with Crippen LogP contribution in [0.1, 0.15) is 36.0 Å². The minimum Gasteiger partial charge on any atom is -0.491 e. The van der Waals surface area contributed by atoms with Crippen molar-refractivity contribution >= 4 is 21.6 Å². The molecule has 0 saturated carbocycles. The van der Waals surface area contributed by atoms with E-state index in [0.29, 0.717) is 31.4 Å². The van der Waals surface area contributed by atoms with Crippen LogP contribution in [-0.2, 0) is 24.1 Å². The maximum absolute atomic E-state index is 12.9. The zero-order chi connectivity index (χ0) is 23.2. The quantitative estimate of drug-likeness (QED) is 0.417. The Morgan fingerprint density at radius 3 is 2.94 bits per heavy atom. The highest BCUT2D eigenvalue weighted by molar-refractivity contribution is 7.18. The van der Waals surface area contributed by atoms with Crippen LogP contribution in [0.4, 0.5) is 0 Å². The number of ether oxygens (including phenoxy) is 2. The Bertz CT molecular complexity index is 1100. The number of hydrogen-bond acceptors (Lipinski definition) is 7. The second-order valence-electron chi connectivity index (χ2n) is 8.90. The first-order valence-electron chi connectivity index (χ1n) is 11.6. The number of para-hydroxylation sites is 1. The molecule has 33 heavy (non-hydrogen) atoms. The Morgan fingerprint density at radius 1 is 1.33 bits per heavy atom. The zero-order valence-electron chi connectivity index (χ0n) is 19.4. The van der Waals surface area contributed by atoms with Crippen LogP contribution in [0.5, 0.6) is 5.75 Å². The van der Waals surface area contributed by atoms with Gasteiger partial charge in [0.15, 0.2) is 0 Å². The molecule has 0 unspecified atom stereocenters. The molecule has 2 N–H and O–H groups in total. The Morgan fingerprint density at radius 2 is 2.15 bits per heavy atom. The number of fused-ring (bicyclic) bond motifs is 3. The first kappa shape index (κ1) is 23.9. The van der Waals surface area contributed by atoms with Crippen molar-refractivity contribution in [1.82, 2.24) is 14.9 Å². The van der Waals surface area contributed by atoms with Gasteiger partial charge in [0.25, 0.3) is 5.56 Å². The molecule has 2 atom stereocenters. The van der Waals surface area contributed by atoms with E-state index >= 15 is 0 Å². The highest BCUT2D eigenvalue weighted by Crippen LogP contribution is 2.35. The monoisotopic (exact) mass is 471 g/mol. The standard InChI is InChI=1S/C25H33N3O4S/c1-17-9-10-20-21(13-17)33-25-23(20)24(30)26-22(27-25)15-28(11-6-12-31-2)14-18(29)16-32-19-7-4-3-5-8-19/h3-5,7-8,17-18,29H,6,9-16H2,1-2H3,(H,26,27,30)/t17-,18-/m0/s1. The summed E-state index contributed by atoms with van der Waals surface area (Å²) in [7, 11) is 1.68. The summed E-state index contributed by atoms with van der Waals surface area (Å²) in [6.07, 6.45) is 3.26. The van der Waals surface area contributed by atoms with E-state index < -0.39 is 6.10 Å². The lowest BCUT2D eigenvalue weighted by molar-refractivity contribution is 0.0609. The van der Waals surface area contributed by atoms with Gasteiger partial charge in [-0.25, -0.2) is 4.98 Å². The Kier molecular flexibility index (Phi) is 8.14. The van der Waals surface area contributed by atoms with Crippen LogP contribution in [0.15, 0.2) is 35.1 Å². The van der Waals surface area contributed by atoms with Crippen molar-refractivity contribution in [2.75, 3.05) is 33.4 Å². The van der Waals surface area contributed by atoms with E-state index in [0.717, 1.165) is 48.2 Å². The van der Waals surface area contributed by atoms with Gasteiger partial charge in [0.2, 0.25) is 0 Å². The molecule has 8 heteroatoms. The molecule has 7 nitrogen and oxygen atoms in total. The fourth-order valence-electron chi connectivity index (χ4n) is 4.41. The van der Waals surface area contributed by atoms with Crippen molar-refractivity contribution in [3.63, 3.8) is 0 Å². The van der Waals surface area contributed by atoms with Crippen LogP contribution < -0.4 is 10.3 Å². The average Bonchev–Trinajstić information content (AvgIpc) is 3.16. The highest BCUT2D eigenvalue weighted by atomic mass is 32.1. The smallest absolute Gasteiger partial charge is 0.259 e. The van der Waals surface area contributed by atoms with Crippen LogP contribution >= 0.6 is 11.3 Å². The average molecular weight is 472 g/mol. The van der Waals surface area contributed by atoms with Crippen LogP contribution in [0.2, 0.25) is 0 Å². The molecule has 0 amide bonds. The van der Waals surface area contributed by atoms with Gasteiger partial charge in [0.1, 0.15) is 29.1 Å². The zero-order valence-corrected chi connectivity index (χ0v) is 20.2. The minimum atomic E-state index is -0.668. The third kappa shape index (κ3) is 6.20. The van der Waals surface area contributed by atoms with Gasteiger partial charge < -0.3 is 19.6 Å². The molecule has 2 aromatic heterocycles. The van der Waals surface area contributed by atoms with Crippen molar-refractivity contribution in [3.05, 3.63) is 57.0 Å². The maximum atomic E-state index is 12.9. The van der Waals surface area contributed by atoms with E-state index in [2.05, 4.69) is 16.8 Å². The second-order valence-corrected chi connectivity index (χ2v) is 9.99. The highest BCUT2D eigenvalue weighted by Gasteiger charge is 2.23. The summed E-state index contributed by atoms with van der Waals surface area (Å²) >= 11 is 1.66. The van der Waals surface area contributed by atoms with E-state index in [1.807, 2.05) is 30.3 Å². The van der Waals surface area contributed by atoms with Gasteiger partial charge in [-0.15, -0.1) is 11.3 Å². The molecule has 3 aromatic rings. The summed E-state index contributed by atoms with van der Waals surface area (Å²) in [5.74, 6) is 2.02. The first-order chi connectivity index (χ1) is 16.0. The summed E-state index contributed by atoms with van der Waals surface area (Å²) < 4.78 is 10.9. The van der Waals surface area contributed by atoms with E-state index in [4.69, 9.17) is 14.5 Å². The molecule has 4 rings (SSSR count). The number of aromatic nitrogens is 2. The summed E-state index contributed by atoms with van der Waals surface area (Å²) in [5, 5.41) is 11.4. The van der Waals surface area contributed by atoms with E-state index in [1.54, 1.807) is 18.4 Å². The molecule has 0 spiro atoms. The Hall–Kier alpha value is -2.26. The molecule has 0 aliphatic heterocycles. The van der Waals surface area contributed by atoms with Gasteiger partial charge in [-0.3, -0.25) is 9.69 Å². The lowest BCUT2D eigenvalue weighted by Crippen LogP contribution is -2.37. The second kappa shape index (κ2) is 11.2. The van der Waals surface area contributed by atoms with E-state index in [9.17, 15) is 9.90 Å². The van der Waals surface area contributed by atoms with E-state index in [-0.39, 0.29) is 12.2 Å². The molecule has 0 radical (unpaired) electrons. The Labute approximate surface area is 198 Å². The predicted molar refractivity (Wildman–Crippen MR) is 131 cm³/mol. The molecule has 178 valence electrons. The van der Waals surface area contributed by atoms with Crippen molar-refractivity contribution in [2.24, 2.45) is 5.92 Å². The molecule has 0 fully saturated rings. The van der Waals surface area contributed by atoms with Gasteiger partial charge in [-0.05, 0) is 49.3 Å². The van der Waals surface area contributed by atoms with Gasteiger partial charge >= 0.3 is 0 Å². The van der Waals surface area contributed by atoms with Gasteiger partial charge in [-0.2, -0.15) is 0 Å². The van der Waals surface area contributed by atoms with Crippen LogP contribution in [0.3, 0.4) is 0 Å². The minimum absolute atomic E-state index is 0.0492. The number of thiophene rings is 1. The molecule has 1 aliphatic rings. The van der Waals surface area contributed by atoms with Crippen molar-refractivity contribution in [1.29, 1.82) is 0 Å². The summed E-state index contributed by atoms with van der Waals surface area (Å²) in [6.45, 7) is 4.68. The third-order valence-corrected chi connectivity index (χ3v) is 7.21. The molecular weight excluding hydrogens is 438 g/mol. The summed E-state index contributed by atoms with van der Waals surface area (Å²) in [4.78, 5) is 25.0. The fraction of sp³-hybridized carbons (Fsp3) is 0.520. The van der Waals surface area contributed by atoms with Crippen molar-refractivity contribution in [3.8, 4) is 5.75 Å². The molecule has 1 aliphatic carbocycles. The number of nitrogens with zero attached hydrogens (tertiary/aromatic N) is 2. The number of hydrogen-bond donors (Lipinski definition) is 2. The molecule has 0 saturated heterocycles. The number of aromatic amines is 1. The number of methoxy groups -OCH3 is 1. The number of benzene rings is 1. The Balaban J connectivity index is 1.46. The lowest BCUT2D eigenvalue weighted by atomic mass is 9.89. The molecule has 1 aromatic carbocycles. The number of aryl methyl sites for hydroxylation is 1. The maximum Gasteiger partial charge on any atom is 0.259 e. The summed E-state index contributed by atoms with van der Waals surface area (Å²) in [6, 6.07) is 9.47. The number of aliphatic hydroxyl groups is 1. The topological polar surface area (TPSA) is 87.7 Å². The third-order valence-electron chi connectivity index (χ3n) is 6.07. The SMILES string of the molecule is COCCCN(Cc1nc2sc3c(c2c(=O)[nH]1)CC[C@H](C)C3)C[C@H](O)COc1ccccc1. The van der Waals surface area contributed by atoms with E-state index in [1.165, 1.54) is 10.4 Å². The number of aliphatic hydroxyl groups excluding tert-OH is 1. The first-order valence-corrected chi connectivity index (χ1v) is 12.5. The molecule has 2 heterocycles. The van der Waals surface area contributed by atoms with Gasteiger partial charge in [0, 0.05) is 31.7 Å². The van der Waals surface area contributed by atoms with Crippen LogP contribution in [-0.4, -0.2) is 59.5 Å². The molecule has 0 bridgehead atoms. The predicted octanol–water partition coefficient (Wildman–Crippen LogP) is 3.39. The largest absolute Gasteiger partial charge is 0.491 e. The number of nitrogens with one attached hydrogen (secondary N) is 1. The summed E-state index contributed by atoms with van der Waals surface area (Å²) in [5.41, 5.74) is 1.14. The van der Waals surface area contributed by atoms with Gasteiger partial charge in [-0.1, -0.05) is 25.1 Å². The van der Waals surface area contributed by atoms with Crippen LogP contribution in [0, 0.1) is 5.92 Å². The lowest BCUT2D eigenvalue weighted by Gasteiger charge is -2.24. The van der Waals surface area contributed by atoms with Gasteiger partial charge in [0.05, 0.1) is 11.9 Å². The fourth-order valence-corrected chi connectivity index (χ4v) is 5.81. The van der Waals surface area contributed by atoms with Crippen molar-refractivity contribution in [2.45, 2.75) is 45.3 Å². The normalized spacial score (nSPS) is 16.8. The number of H-pyrrole nitrogens is 1. The molecular formula is C25H33N3O4S.